The minimum Gasteiger partial charge on any atom is -0.225 e. The summed E-state index contributed by atoms with van der Waals surface area (Å²) in [4.78, 5) is -0.0388. The Hall–Kier alpha value is -0.870. The summed E-state index contributed by atoms with van der Waals surface area (Å²) < 4.78 is 35.8. The Bertz CT molecular complexity index is 385. The molecular weight excluding hydrogens is 162 g/mol. The summed E-state index contributed by atoms with van der Waals surface area (Å²) in [5.74, 6) is 0. The van der Waals surface area contributed by atoms with Crippen LogP contribution in [0.3, 0.4) is 0 Å². The summed E-state index contributed by atoms with van der Waals surface area (Å²) in [6.45, 7) is 1.83. The third-order valence-electron chi connectivity index (χ3n) is 1.32. The lowest BCUT2D eigenvalue weighted by Gasteiger charge is -1.96. The summed E-state index contributed by atoms with van der Waals surface area (Å²) in [5, 5.41) is -0.294. The standard InChI is InChI=1S/C7H9NO2S/c1-6-2-4-7(5-3-6)11(8,9)10/h2-5H,1H3,(H2,8,9,10)/i/hD2. The lowest BCUT2D eigenvalue weighted by Crippen LogP contribution is -2.11. The quantitative estimate of drug-likeness (QED) is 0.713. The van der Waals surface area contributed by atoms with Gasteiger partial charge >= 0.3 is 0 Å². The Morgan fingerprint density at radius 2 is 1.91 bits per heavy atom. The molecule has 0 fully saturated rings. The first-order valence-corrected chi connectivity index (χ1v) is 4.48. The van der Waals surface area contributed by atoms with Gasteiger partial charge in [-0.2, -0.15) is 0 Å². The third kappa shape index (κ3) is 2.03. The van der Waals surface area contributed by atoms with Crippen LogP contribution < -0.4 is 5.13 Å². The molecule has 1 aromatic carbocycles. The van der Waals surface area contributed by atoms with Gasteiger partial charge in [-0.05, 0) is 19.1 Å². The van der Waals surface area contributed by atoms with Crippen molar-refractivity contribution in [2.75, 3.05) is 0 Å². The second kappa shape index (κ2) is 2.64. The van der Waals surface area contributed by atoms with Crippen molar-refractivity contribution in [3.63, 3.8) is 0 Å². The van der Waals surface area contributed by atoms with E-state index >= 15 is 0 Å². The van der Waals surface area contributed by atoms with Crippen LogP contribution in [-0.4, -0.2) is 8.42 Å². The van der Waals surface area contributed by atoms with Crippen LogP contribution in [0.25, 0.3) is 0 Å². The van der Waals surface area contributed by atoms with E-state index < -0.39 is 10.0 Å². The van der Waals surface area contributed by atoms with Gasteiger partial charge in [-0.15, -0.1) is 0 Å². The summed E-state index contributed by atoms with van der Waals surface area (Å²) in [7, 11) is -3.93. The lowest BCUT2D eigenvalue weighted by atomic mass is 10.2. The zero-order valence-corrected chi connectivity index (χ0v) is 6.80. The fourth-order valence-electron chi connectivity index (χ4n) is 0.710. The molecule has 3 nitrogen and oxygen atoms in total. The van der Waals surface area contributed by atoms with E-state index in [1.165, 1.54) is 12.1 Å². The lowest BCUT2D eigenvalue weighted by molar-refractivity contribution is 0.598. The molecule has 0 radical (unpaired) electrons. The van der Waals surface area contributed by atoms with Gasteiger partial charge in [0.1, 0.15) is 2.82 Å². The van der Waals surface area contributed by atoms with Crippen molar-refractivity contribution in [3.8, 4) is 0 Å². The van der Waals surface area contributed by atoms with Crippen molar-refractivity contribution in [3.05, 3.63) is 29.8 Å². The molecule has 0 aliphatic carbocycles. The second-order valence-corrected chi connectivity index (χ2v) is 3.71. The van der Waals surface area contributed by atoms with Crippen molar-refractivity contribution >= 4 is 10.0 Å². The van der Waals surface area contributed by atoms with Crippen LogP contribution in [0, 0.1) is 6.92 Å². The van der Waals surface area contributed by atoms with Crippen molar-refractivity contribution in [2.24, 2.45) is 5.13 Å². The zero-order valence-electron chi connectivity index (χ0n) is 7.98. The van der Waals surface area contributed by atoms with Crippen LogP contribution in [0.5, 0.6) is 0 Å². The average Bonchev–Trinajstić information content (AvgIpc) is 2.04. The summed E-state index contributed by atoms with van der Waals surface area (Å²) in [6.07, 6.45) is 0. The number of benzene rings is 1. The van der Waals surface area contributed by atoms with E-state index in [0.717, 1.165) is 5.56 Å². The summed E-state index contributed by atoms with van der Waals surface area (Å²) in [6, 6.07) is 5.99. The van der Waals surface area contributed by atoms with Gasteiger partial charge < -0.3 is 0 Å². The highest BCUT2D eigenvalue weighted by molar-refractivity contribution is 7.89. The third-order valence-corrected chi connectivity index (χ3v) is 2.19. The predicted molar refractivity (Wildman–Crippen MR) is 42.6 cm³/mol. The highest BCUT2D eigenvalue weighted by Gasteiger charge is 2.04. The molecule has 2 N–H and O–H groups in total. The maximum Gasteiger partial charge on any atom is 0.238 e. The first-order valence-electron chi connectivity index (χ1n) is 3.94. The number of hydrogen-bond acceptors (Lipinski definition) is 2. The molecule has 0 unspecified atom stereocenters. The normalized spacial score (nSPS) is 14.4. The molecular formula is C7H9NO2S. The molecule has 0 atom stereocenters. The van der Waals surface area contributed by atoms with Crippen LogP contribution in [-0.2, 0) is 10.0 Å². The number of nitrogens with two attached hydrogens (primary N) is 1. The molecule has 0 heterocycles. The Morgan fingerprint density at radius 3 is 2.36 bits per heavy atom. The van der Waals surface area contributed by atoms with Gasteiger partial charge in [0.2, 0.25) is 10.0 Å². The Labute approximate surface area is 68.8 Å². The van der Waals surface area contributed by atoms with Gasteiger partial charge in [0.15, 0.2) is 0 Å². The number of hydrogen-bond donors (Lipinski definition) is 1. The van der Waals surface area contributed by atoms with Crippen LogP contribution >= 0.6 is 0 Å². The minimum atomic E-state index is -3.93. The average molecular weight is 173 g/mol. The molecule has 1 aromatic rings. The van der Waals surface area contributed by atoms with E-state index in [-0.39, 0.29) is 10.0 Å². The second-order valence-electron chi connectivity index (χ2n) is 2.29. The molecule has 0 amide bonds. The first-order chi connectivity index (χ1) is 5.94. The summed E-state index contributed by atoms with van der Waals surface area (Å²) >= 11 is 0. The van der Waals surface area contributed by atoms with E-state index in [2.05, 4.69) is 0 Å². The Morgan fingerprint density at radius 1 is 1.36 bits per heavy atom. The van der Waals surface area contributed by atoms with E-state index in [9.17, 15) is 8.42 Å². The van der Waals surface area contributed by atoms with Crippen LogP contribution in [0.15, 0.2) is 29.2 Å². The fraction of sp³-hybridized carbons (Fsp3) is 0.143. The molecule has 0 aromatic heterocycles. The van der Waals surface area contributed by atoms with Crippen molar-refractivity contribution in [1.29, 1.82) is 0 Å². The van der Waals surface area contributed by atoms with Gasteiger partial charge in [0, 0.05) is 0 Å². The minimum absolute atomic E-state index is 0.0388. The maximum atomic E-state index is 11.2. The molecule has 0 aliphatic rings. The monoisotopic (exact) mass is 173 g/mol. The first kappa shape index (κ1) is 5.74. The van der Waals surface area contributed by atoms with Crippen LogP contribution in [0.2, 0.25) is 2.82 Å². The molecule has 60 valence electrons. The smallest absolute Gasteiger partial charge is 0.225 e. The van der Waals surface area contributed by atoms with E-state index in [4.69, 9.17) is 2.82 Å². The van der Waals surface area contributed by atoms with Gasteiger partial charge in [0.25, 0.3) is 0 Å². The van der Waals surface area contributed by atoms with Crippen LogP contribution in [0.4, 0.5) is 0 Å². The van der Waals surface area contributed by atoms with Gasteiger partial charge in [-0.3, -0.25) is 0 Å². The SMILES string of the molecule is [2H]N([2H])S(=O)(=O)c1ccc(C)cc1. The van der Waals surface area contributed by atoms with Gasteiger partial charge in [-0.25, -0.2) is 13.5 Å². The Kier molecular flexibility index (Phi) is 1.38. The largest absolute Gasteiger partial charge is 0.238 e. The molecule has 0 saturated carbocycles. The number of aryl methyl sites for hydroxylation is 1. The Balaban J connectivity index is 3.17. The number of sulfonamides is 1. The molecule has 0 bridgehead atoms. The van der Waals surface area contributed by atoms with Crippen molar-refractivity contribution in [1.82, 2.24) is 0 Å². The molecule has 4 heteroatoms. The zero-order chi connectivity index (χ0) is 10.1. The van der Waals surface area contributed by atoms with Gasteiger partial charge in [-0.1, -0.05) is 17.7 Å². The topological polar surface area (TPSA) is 60.2 Å². The van der Waals surface area contributed by atoms with E-state index in [1.54, 1.807) is 12.1 Å². The van der Waals surface area contributed by atoms with Gasteiger partial charge in [0.05, 0.1) is 4.90 Å². The van der Waals surface area contributed by atoms with Crippen molar-refractivity contribution < 1.29 is 11.2 Å². The molecule has 1 rings (SSSR count). The molecule has 0 saturated heterocycles. The van der Waals surface area contributed by atoms with E-state index in [1.807, 2.05) is 6.92 Å². The molecule has 11 heavy (non-hydrogen) atoms. The highest BCUT2D eigenvalue weighted by atomic mass is 32.2. The number of primary sulfonamides is 1. The highest BCUT2D eigenvalue weighted by Crippen LogP contribution is 2.06. The fourth-order valence-corrected chi connectivity index (χ4v) is 1.19. The van der Waals surface area contributed by atoms with Crippen LogP contribution in [0.1, 0.15) is 5.56 Å². The summed E-state index contributed by atoms with van der Waals surface area (Å²) in [5.41, 5.74) is 0.931. The van der Waals surface area contributed by atoms with Crippen molar-refractivity contribution in [2.45, 2.75) is 11.8 Å². The molecule has 0 spiro atoms. The number of rotatable bonds is 2. The predicted octanol–water partition coefficient (Wildman–Crippen LogP) is 0.642. The molecule has 0 aliphatic heterocycles. The maximum absolute atomic E-state index is 11.2. The van der Waals surface area contributed by atoms with E-state index in [0.29, 0.717) is 0 Å².